The quantitative estimate of drug-likeness (QED) is 0.683. The molecule has 0 aliphatic carbocycles. The van der Waals surface area contributed by atoms with E-state index in [1.54, 1.807) is 23.8 Å². The third-order valence-corrected chi connectivity index (χ3v) is 3.83. The van der Waals surface area contributed by atoms with Crippen molar-refractivity contribution in [2.45, 2.75) is 0 Å². The average molecular weight is 353 g/mol. The number of aromatic amines is 1. The van der Waals surface area contributed by atoms with Gasteiger partial charge < -0.3 is 9.72 Å². The molecule has 0 amide bonds. The van der Waals surface area contributed by atoms with E-state index in [2.05, 4.69) is 20.9 Å². The standard InChI is InChI=1S/C14H10BrFN2OS/c1-19-12-4-2-3-11-13(12)17-14(20)18(11)10-6-5-8(15)7-9(10)16/h2-7H,1H3,(H,17,20). The molecule has 0 aliphatic heterocycles. The predicted molar refractivity (Wildman–Crippen MR) is 82.7 cm³/mol. The van der Waals surface area contributed by atoms with Crippen LogP contribution in [0.4, 0.5) is 4.39 Å². The second kappa shape index (κ2) is 5.03. The molecule has 3 aromatic rings. The SMILES string of the molecule is COc1cccc2c1[nH]c(=S)n2-c1ccc(Br)cc1F. The Morgan fingerprint density at radius 3 is 2.80 bits per heavy atom. The van der Waals surface area contributed by atoms with Crippen LogP contribution in [-0.2, 0) is 0 Å². The van der Waals surface area contributed by atoms with Crippen molar-refractivity contribution in [1.29, 1.82) is 0 Å². The number of H-pyrrole nitrogens is 1. The molecule has 1 heterocycles. The zero-order valence-electron chi connectivity index (χ0n) is 10.5. The molecule has 6 heteroatoms. The Labute approximate surface area is 128 Å². The van der Waals surface area contributed by atoms with Crippen molar-refractivity contribution in [1.82, 2.24) is 9.55 Å². The average Bonchev–Trinajstić information content (AvgIpc) is 2.75. The summed E-state index contributed by atoms with van der Waals surface area (Å²) in [4.78, 5) is 3.06. The molecule has 0 radical (unpaired) electrons. The van der Waals surface area contributed by atoms with Gasteiger partial charge in [0, 0.05) is 4.47 Å². The summed E-state index contributed by atoms with van der Waals surface area (Å²) in [6.07, 6.45) is 0. The molecule has 1 N–H and O–H groups in total. The van der Waals surface area contributed by atoms with Gasteiger partial charge in [-0.2, -0.15) is 0 Å². The number of nitrogens with one attached hydrogen (secondary N) is 1. The highest BCUT2D eigenvalue weighted by Gasteiger charge is 2.13. The molecule has 102 valence electrons. The minimum atomic E-state index is -0.348. The van der Waals surface area contributed by atoms with Gasteiger partial charge in [0.2, 0.25) is 0 Å². The number of imidazole rings is 1. The van der Waals surface area contributed by atoms with Gasteiger partial charge in [-0.3, -0.25) is 4.57 Å². The van der Waals surface area contributed by atoms with Crippen molar-refractivity contribution in [3.8, 4) is 11.4 Å². The van der Waals surface area contributed by atoms with Gasteiger partial charge in [-0.15, -0.1) is 0 Å². The summed E-state index contributed by atoms with van der Waals surface area (Å²) < 4.78 is 22.2. The van der Waals surface area contributed by atoms with Crippen LogP contribution in [-0.4, -0.2) is 16.7 Å². The molecule has 3 nitrogen and oxygen atoms in total. The minimum absolute atomic E-state index is 0.348. The number of nitrogens with zero attached hydrogens (tertiary/aromatic N) is 1. The van der Waals surface area contributed by atoms with Crippen LogP contribution in [0, 0.1) is 10.6 Å². The summed E-state index contributed by atoms with van der Waals surface area (Å²) in [6, 6.07) is 10.4. The molecule has 2 aromatic carbocycles. The van der Waals surface area contributed by atoms with Crippen LogP contribution in [0.5, 0.6) is 5.75 Å². The molecule has 20 heavy (non-hydrogen) atoms. The summed E-state index contributed by atoms with van der Waals surface area (Å²) in [7, 11) is 1.59. The largest absolute Gasteiger partial charge is 0.494 e. The van der Waals surface area contributed by atoms with Crippen LogP contribution < -0.4 is 4.74 Å². The van der Waals surface area contributed by atoms with E-state index in [-0.39, 0.29) is 5.82 Å². The first-order chi connectivity index (χ1) is 9.61. The number of hydrogen-bond acceptors (Lipinski definition) is 2. The van der Waals surface area contributed by atoms with Crippen molar-refractivity contribution < 1.29 is 9.13 Å². The van der Waals surface area contributed by atoms with E-state index >= 15 is 0 Å². The van der Waals surface area contributed by atoms with Gasteiger partial charge >= 0.3 is 0 Å². The number of fused-ring (bicyclic) bond motifs is 1. The van der Waals surface area contributed by atoms with E-state index in [9.17, 15) is 4.39 Å². The van der Waals surface area contributed by atoms with Gasteiger partial charge in [0.25, 0.3) is 0 Å². The molecule has 0 atom stereocenters. The summed E-state index contributed by atoms with van der Waals surface area (Å²) >= 11 is 8.56. The first-order valence-electron chi connectivity index (χ1n) is 5.85. The second-order valence-corrected chi connectivity index (χ2v) is 5.52. The highest BCUT2D eigenvalue weighted by atomic mass is 79.9. The maximum Gasteiger partial charge on any atom is 0.182 e. The zero-order valence-corrected chi connectivity index (χ0v) is 12.9. The summed E-state index contributed by atoms with van der Waals surface area (Å²) in [5.74, 6) is 0.323. The van der Waals surface area contributed by atoms with Crippen LogP contribution in [0.25, 0.3) is 16.7 Å². The van der Waals surface area contributed by atoms with Crippen molar-refractivity contribution in [3.63, 3.8) is 0 Å². The topological polar surface area (TPSA) is 29.9 Å². The maximum absolute atomic E-state index is 14.2. The Morgan fingerprint density at radius 2 is 2.10 bits per heavy atom. The number of ether oxygens (including phenoxy) is 1. The van der Waals surface area contributed by atoms with Crippen LogP contribution in [0.1, 0.15) is 0 Å². The lowest BCUT2D eigenvalue weighted by molar-refractivity contribution is 0.419. The van der Waals surface area contributed by atoms with E-state index in [4.69, 9.17) is 17.0 Å². The molecule has 0 aliphatic rings. The number of rotatable bonds is 2. The number of hydrogen-bond donors (Lipinski definition) is 1. The predicted octanol–water partition coefficient (Wildman–Crippen LogP) is 4.60. The van der Waals surface area contributed by atoms with E-state index in [1.165, 1.54) is 6.07 Å². The number of aromatic nitrogens is 2. The fourth-order valence-electron chi connectivity index (χ4n) is 2.18. The number of halogens is 2. The van der Waals surface area contributed by atoms with E-state index in [1.807, 2.05) is 18.2 Å². The molecule has 0 fully saturated rings. The van der Waals surface area contributed by atoms with Crippen LogP contribution in [0.3, 0.4) is 0 Å². The fourth-order valence-corrected chi connectivity index (χ4v) is 2.81. The summed E-state index contributed by atoms with van der Waals surface area (Å²) in [5, 5.41) is 0. The smallest absolute Gasteiger partial charge is 0.182 e. The van der Waals surface area contributed by atoms with Crippen LogP contribution in [0.2, 0.25) is 0 Å². The Balaban J connectivity index is 2.37. The Hall–Kier alpha value is -1.66. The summed E-state index contributed by atoms with van der Waals surface area (Å²) in [6.45, 7) is 0. The van der Waals surface area contributed by atoms with Gasteiger partial charge in [0.15, 0.2) is 4.77 Å². The Bertz CT molecular complexity index is 856. The van der Waals surface area contributed by atoms with Crippen molar-refractivity contribution in [2.75, 3.05) is 7.11 Å². The van der Waals surface area contributed by atoms with Crippen molar-refractivity contribution in [2.24, 2.45) is 0 Å². The van der Waals surface area contributed by atoms with Gasteiger partial charge in [0.05, 0.1) is 18.3 Å². The molecular formula is C14H10BrFN2OS. The van der Waals surface area contributed by atoms with E-state index in [0.717, 1.165) is 11.0 Å². The lowest BCUT2D eigenvalue weighted by Crippen LogP contribution is -1.97. The molecule has 0 spiro atoms. The maximum atomic E-state index is 14.2. The Morgan fingerprint density at radius 1 is 1.30 bits per heavy atom. The fraction of sp³-hybridized carbons (Fsp3) is 0.0714. The highest BCUT2D eigenvalue weighted by Crippen LogP contribution is 2.28. The molecule has 0 bridgehead atoms. The number of methoxy groups -OCH3 is 1. The van der Waals surface area contributed by atoms with E-state index in [0.29, 0.717) is 20.7 Å². The third kappa shape index (κ3) is 2.05. The first-order valence-corrected chi connectivity index (χ1v) is 7.05. The molecule has 0 unspecified atom stereocenters. The first kappa shape index (κ1) is 13.3. The minimum Gasteiger partial charge on any atom is -0.494 e. The lowest BCUT2D eigenvalue weighted by atomic mass is 10.2. The molecule has 0 saturated carbocycles. The monoisotopic (exact) mass is 352 g/mol. The van der Waals surface area contributed by atoms with Gasteiger partial charge in [-0.05, 0) is 42.5 Å². The molecule has 1 aromatic heterocycles. The third-order valence-electron chi connectivity index (χ3n) is 3.05. The van der Waals surface area contributed by atoms with Gasteiger partial charge in [-0.25, -0.2) is 4.39 Å². The Kier molecular flexibility index (Phi) is 3.35. The molecular weight excluding hydrogens is 343 g/mol. The number of para-hydroxylation sites is 1. The number of benzene rings is 2. The van der Waals surface area contributed by atoms with E-state index < -0.39 is 0 Å². The molecule has 3 rings (SSSR count). The van der Waals surface area contributed by atoms with Gasteiger partial charge in [0.1, 0.15) is 17.1 Å². The van der Waals surface area contributed by atoms with Crippen LogP contribution >= 0.6 is 28.1 Å². The van der Waals surface area contributed by atoms with Crippen molar-refractivity contribution >= 4 is 39.2 Å². The lowest BCUT2D eigenvalue weighted by Gasteiger charge is -2.07. The normalized spacial score (nSPS) is 10.9. The van der Waals surface area contributed by atoms with Crippen molar-refractivity contribution in [3.05, 3.63) is 51.5 Å². The summed E-state index contributed by atoms with van der Waals surface area (Å²) in [5.41, 5.74) is 1.93. The van der Waals surface area contributed by atoms with Crippen LogP contribution in [0.15, 0.2) is 40.9 Å². The molecule has 0 saturated heterocycles. The van der Waals surface area contributed by atoms with Gasteiger partial charge in [-0.1, -0.05) is 22.0 Å². The zero-order chi connectivity index (χ0) is 14.3. The highest BCUT2D eigenvalue weighted by molar-refractivity contribution is 9.10. The second-order valence-electron chi connectivity index (χ2n) is 4.22.